The van der Waals surface area contributed by atoms with Gasteiger partial charge in [0, 0.05) is 52.4 Å². The van der Waals surface area contributed by atoms with Gasteiger partial charge in [-0.1, -0.05) is 19.3 Å². The molecule has 0 spiro atoms. The fourth-order valence-corrected chi connectivity index (χ4v) is 11.4. The fraction of sp³-hybridized carbons (Fsp3) is 0.968. The number of ether oxygens (including phenoxy) is 1. The molecule has 2 aliphatic rings. The Labute approximate surface area is 295 Å². The molecule has 0 atom stereocenters. The Morgan fingerprint density at radius 2 is 0.816 bits per heavy atom. The van der Waals surface area contributed by atoms with E-state index in [1.807, 2.05) is 14.7 Å². The van der Waals surface area contributed by atoms with Crippen molar-refractivity contribution in [1.29, 1.82) is 0 Å². The molecule has 0 aromatic carbocycles. The van der Waals surface area contributed by atoms with Crippen molar-refractivity contribution in [2.45, 2.75) is 73.6 Å². The Morgan fingerprint density at radius 3 is 1.12 bits per heavy atom. The number of carbonyl (C=O) groups excluding carboxylic acids is 1. The van der Waals surface area contributed by atoms with E-state index in [2.05, 4.69) is 0 Å². The summed E-state index contributed by atoms with van der Waals surface area (Å²) in [6.45, 7) is 15.3. The van der Waals surface area contributed by atoms with Crippen molar-refractivity contribution in [3.05, 3.63) is 0 Å². The highest BCUT2D eigenvalue weighted by Crippen LogP contribution is 2.50. The van der Waals surface area contributed by atoms with E-state index in [4.69, 9.17) is 31.9 Å². The second-order valence-corrected chi connectivity index (χ2v) is 18.2. The topological polar surface area (TPSA) is 146 Å². The van der Waals surface area contributed by atoms with Gasteiger partial charge in [0.05, 0.1) is 46.2 Å². The number of hydrogen-bond donors (Lipinski definition) is 0. The van der Waals surface area contributed by atoms with Gasteiger partial charge in [-0.2, -0.15) is 0 Å². The molecule has 49 heavy (non-hydrogen) atoms. The first-order chi connectivity index (χ1) is 23.5. The molecule has 0 bridgehead atoms. The van der Waals surface area contributed by atoms with Crippen LogP contribution in [0.4, 0.5) is 4.79 Å². The lowest BCUT2D eigenvalue weighted by Crippen LogP contribution is -2.48. The predicted molar refractivity (Wildman–Crippen MR) is 191 cm³/mol. The van der Waals surface area contributed by atoms with Crippen molar-refractivity contribution >= 4 is 28.9 Å². The molecule has 15 nitrogen and oxygen atoms in total. The third kappa shape index (κ3) is 17.3. The summed E-state index contributed by atoms with van der Waals surface area (Å²) in [5.74, 6) is 0.361. The standard InChI is InChI=1S/C31H65N4O11P3/c1-7-41-47(37,42-8-2)27-32-18-20-33(28-48(38,43-9-3)44-10-4)22-24-35(31(36)40-26-30-16-14-13-15-17-30)25-23-34(21-19-32)29-49(39,45-11-5)46-12-6/h30H,7-29H2,1-6H3. The van der Waals surface area contributed by atoms with Crippen LogP contribution in [0.25, 0.3) is 0 Å². The molecule has 0 radical (unpaired) electrons. The van der Waals surface area contributed by atoms with Crippen LogP contribution in [0.15, 0.2) is 0 Å². The highest BCUT2D eigenvalue weighted by Gasteiger charge is 2.33. The lowest BCUT2D eigenvalue weighted by Gasteiger charge is -2.36. The van der Waals surface area contributed by atoms with Gasteiger partial charge in [-0.15, -0.1) is 0 Å². The first-order valence-electron chi connectivity index (χ1n) is 18.2. The van der Waals surface area contributed by atoms with Crippen molar-refractivity contribution in [2.24, 2.45) is 5.92 Å². The Bertz CT molecular complexity index is 992. The van der Waals surface area contributed by atoms with Crippen molar-refractivity contribution < 1.29 is 50.4 Å². The molecule has 1 saturated heterocycles. The quantitative estimate of drug-likeness (QED) is 0.123. The number of hydrogen-bond acceptors (Lipinski definition) is 14. The van der Waals surface area contributed by atoms with Gasteiger partial charge in [-0.3, -0.25) is 28.4 Å². The summed E-state index contributed by atoms with van der Waals surface area (Å²) in [4.78, 5) is 21.2. The first kappa shape index (κ1) is 44.8. The van der Waals surface area contributed by atoms with Gasteiger partial charge >= 0.3 is 28.9 Å². The monoisotopic (exact) mass is 762 g/mol. The summed E-state index contributed by atoms with van der Waals surface area (Å²) >= 11 is 0. The summed E-state index contributed by atoms with van der Waals surface area (Å²) in [6.07, 6.45) is 5.31. The van der Waals surface area contributed by atoms with Crippen LogP contribution in [0.1, 0.15) is 73.6 Å². The van der Waals surface area contributed by atoms with Gasteiger partial charge in [-0.25, -0.2) is 4.79 Å². The maximum absolute atomic E-state index is 13.7. The molecule has 2 rings (SSSR count). The average molecular weight is 763 g/mol. The lowest BCUT2D eigenvalue weighted by molar-refractivity contribution is 0.0707. The Kier molecular flexibility index (Phi) is 21.9. The second kappa shape index (κ2) is 24.0. The van der Waals surface area contributed by atoms with E-state index in [-0.39, 0.29) is 58.5 Å². The van der Waals surface area contributed by atoms with E-state index in [1.165, 1.54) is 6.42 Å². The molecule has 2 fully saturated rings. The zero-order valence-electron chi connectivity index (χ0n) is 31.0. The average Bonchev–Trinajstić information content (AvgIpc) is 3.04. The minimum absolute atomic E-state index is 0.0279. The van der Waals surface area contributed by atoms with Crippen molar-refractivity contribution in [3.8, 4) is 0 Å². The van der Waals surface area contributed by atoms with E-state index in [9.17, 15) is 18.5 Å². The van der Waals surface area contributed by atoms with Crippen LogP contribution >= 0.6 is 22.8 Å². The van der Waals surface area contributed by atoms with Gasteiger partial charge in [0.25, 0.3) is 0 Å². The predicted octanol–water partition coefficient (Wildman–Crippen LogP) is 6.60. The zero-order chi connectivity index (χ0) is 36.2. The van der Waals surface area contributed by atoms with Gasteiger partial charge in [0.2, 0.25) is 0 Å². The van der Waals surface area contributed by atoms with Crippen molar-refractivity contribution in [1.82, 2.24) is 19.6 Å². The lowest BCUT2D eigenvalue weighted by atomic mass is 9.90. The molecule has 0 aromatic heterocycles. The molecule has 0 aromatic rings. The van der Waals surface area contributed by atoms with Crippen LogP contribution in [-0.4, -0.2) is 143 Å². The van der Waals surface area contributed by atoms with E-state index in [0.717, 1.165) is 25.7 Å². The number of amides is 1. The SMILES string of the molecule is CCOP(=O)(CN1CCN(CP(=O)(OCC)OCC)CCN(C(=O)OCC2CCCCC2)CCN(CP(=O)(OCC)OCC)CC1)OCC. The van der Waals surface area contributed by atoms with Gasteiger partial charge in [0.15, 0.2) is 0 Å². The van der Waals surface area contributed by atoms with Crippen molar-refractivity contribution in [2.75, 3.05) is 117 Å². The van der Waals surface area contributed by atoms with Gasteiger partial charge < -0.3 is 36.8 Å². The third-order valence-electron chi connectivity index (χ3n) is 8.34. The van der Waals surface area contributed by atoms with Crippen LogP contribution in [0.5, 0.6) is 0 Å². The molecule has 18 heteroatoms. The minimum Gasteiger partial charge on any atom is -0.449 e. The van der Waals surface area contributed by atoms with Crippen LogP contribution in [0.3, 0.4) is 0 Å². The molecular formula is C31H65N4O11P3. The fourth-order valence-electron chi connectivity index (χ4n) is 6.05. The molecule has 1 heterocycles. The Balaban J connectivity index is 2.40. The summed E-state index contributed by atoms with van der Waals surface area (Å²) in [5, 5.41) is 0. The Morgan fingerprint density at radius 1 is 0.510 bits per heavy atom. The van der Waals surface area contributed by atoms with E-state index in [0.29, 0.717) is 64.9 Å². The number of rotatable bonds is 20. The molecule has 1 aliphatic carbocycles. The maximum Gasteiger partial charge on any atom is 0.409 e. The minimum atomic E-state index is -3.47. The second-order valence-electron chi connectivity index (χ2n) is 12.2. The molecule has 1 aliphatic heterocycles. The normalized spacial score (nSPS) is 19.4. The largest absolute Gasteiger partial charge is 0.449 e. The van der Waals surface area contributed by atoms with Crippen LogP contribution in [0.2, 0.25) is 0 Å². The summed E-state index contributed by atoms with van der Waals surface area (Å²) in [6, 6.07) is 0. The molecule has 1 amide bonds. The number of carbonyl (C=O) groups is 1. The molecule has 290 valence electrons. The molecule has 0 N–H and O–H groups in total. The van der Waals surface area contributed by atoms with Gasteiger partial charge in [-0.05, 0) is 60.3 Å². The number of nitrogens with zero attached hydrogens (tertiary/aromatic N) is 4. The van der Waals surface area contributed by atoms with E-state index >= 15 is 0 Å². The summed E-state index contributed by atoms with van der Waals surface area (Å²) in [7, 11) is -10.4. The smallest absolute Gasteiger partial charge is 0.409 e. The van der Waals surface area contributed by atoms with Crippen LogP contribution in [0, 0.1) is 5.92 Å². The summed E-state index contributed by atoms with van der Waals surface area (Å²) < 4.78 is 80.6. The zero-order valence-corrected chi connectivity index (χ0v) is 33.6. The van der Waals surface area contributed by atoms with Crippen LogP contribution in [-0.2, 0) is 45.6 Å². The Hall–Kier alpha value is -0.400. The van der Waals surface area contributed by atoms with Crippen molar-refractivity contribution in [3.63, 3.8) is 0 Å². The molecule has 1 saturated carbocycles. The first-order valence-corrected chi connectivity index (χ1v) is 23.4. The molecule has 0 unspecified atom stereocenters. The maximum atomic E-state index is 13.7. The highest BCUT2D eigenvalue weighted by atomic mass is 31.2. The van der Waals surface area contributed by atoms with Gasteiger partial charge in [0.1, 0.15) is 18.9 Å². The van der Waals surface area contributed by atoms with E-state index in [1.54, 1.807) is 46.4 Å². The summed E-state index contributed by atoms with van der Waals surface area (Å²) in [5.41, 5.74) is 0. The van der Waals surface area contributed by atoms with E-state index < -0.39 is 28.9 Å². The highest BCUT2D eigenvalue weighted by molar-refractivity contribution is 7.54. The molecular weight excluding hydrogens is 697 g/mol. The third-order valence-corrected chi connectivity index (χ3v) is 14.5. The van der Waals surface area contributed by atoms with Crippen LogP contribution < -0.4 is 0 Å².